The fourth-order valence-electron chi connectivity index (χ4n) is 2.58. The van der Waals surface area contributed by atoms with Crippen LogP contribution in [0.5, 0.6) is 5.75 Å². The van der Waals surface area contributed by atoms with E-state index in [1.165, 1.54) is 19.2 Å². The molecule has 0 aromatic heterocycles. The third-order valence-electron chi connectivity index (χ3n) is 4.06. The summed E-state index contributed by atoms with van der Waals surface area (Å²) in [6.07, 6.45) is 0. The van der Waals surface area contributed by atoms with Gasteiger partial charge < -0.3 is 10.1 Å². The number of amides is 1. The van der Waals surface area contributed by atoms with Crippen molar-refractivity contribution >= 4 is 54.4 Å². The molecule has 0 unspecified atom stereocenters. The fraction of sp³-hybridized carbons (Fsp3) is 0.0909. The van der Waals surface area contributed by atoms with Gasteiger partial charge in [-0.25, -0.2) is 0 Å². The number of hydrogen-bond acceptors (Lipinski definition) is 5. The van der Waals surface area contributed by atoms with E-state index in [1.54, 1.807) is 60.7 Å². The highest BCUT2D eigenvalue weighted by Gasteiger charge is 2.17. The molecule has 0 spiro atoms. The fourth-order valence-corrected chi connectivity index (χ4v) is 4.90. The molecule has 1 amide bonds. The molecule has 0 aliphatic carbocycles. The van der Waals surface area contributed by atoms with Crippen LogP contribution in [0.2, 0.25) is 0 Å². The Hall–Kier alpha value is -2.62. The Morgan fingerprint density at radius 3 is 2.32 bits per heavy atom. The van der Waals surface area contributed by atoms with Gasteiger partial charge in [0.1, 0.15) is 10.8 Å². The van der Waals surface area contributed by atoms with Gasteiger partial charge in [0.05, 0.1) is 23.4 Å². The van der Waals surface area contributed by atoms with Crippen LogP contribution in [0.3, 0.4) is 0 Å². The highest BCUT2D eigenvalue weighted by Crippen LogP contribution is 2.24. The van der Waals surface area contributed by atoms with Gasteiger partial charge >= 0.3 is 0 Å². The summed E-state index contributed by atoms with van der Waals surface area (Å²) in [7, 11) is -2.43. The number of nitrogens with zero attached hydrogens (tertiary/aromatic N) is 1. The third-order valence-corrected chi connectivity index (χ3v) is 7.00. The molecule has 1 N–H and O–H groups in total. The van der Waals surface area contributed by atoms with E-state index < -0.39 is 10.0 Å². The van der Waals surface area contributed by atoms with Crippen molar-refractivity contribution in [2.24, 2.45) is 4.40 Å². The van der Waals surface area contributed by atoms with Crippen LogP contribution >= 0.6 is 27.7 Å². The van der Waals surface area contributed by atoms with Crippen molar-refractivity contribution in [3.05, 3.63) is 88.9 Å². The molecule has 160 valence electrons. The molecule has 0 saturated heterocycles. The maximum absolute atomic E-state index is 12.8. The third kappa shape index (κ3) is 6.43. The Labute approximate surface area is 193 Å². The van der Waals surface area contributed by atoms with Gasteiger partial charge in [-0.1, -0.05) is 70.2 Å². The number of ether oxygens (including phenoxy) is 1. The van der Waals surface area contributed by atoms with E-state index in [0.717, 1.165) is 16.2 Å². The van der Waals surface area contributed by atoms with Crippen LogP contribution in [-0.2, 0) is 14.8 Å². The molecule has 0 atom stereocenters. The molecule has 0 fully saturated rings. The highest BCUT2D eigenvalue weighted by molar-refractivity contribution is 9.10. The number of halogens is 1. The summed E-state index contributed by atoms with van der Waals surface area (Å²) < 4.78 is 35.7. The lowest BCUT2D eigenvalue weighted by Gasteiger charge is -2.10. The van der Waals surface area contributed by atoms with E-state index in [4.69, 9.17) is 4.74 Å². The highest BCUT2D eigenvalue weighted by atomic mass is 79.9. The van der Waals surface area contributed by atoms with Gasteiger partial charge in [-0.05, 0) is 36.4 Å². The molecule has 3 rings (SSSR count). The van der Waals surface area contributed by atoms with Gasteiger partial charge in [0.15, 0.2) is 0 Å². The van der Waals surface area contributed by atoms with Crippen molar-refractivity contribution in [3.63, 3.8) is 0 Å². The van der Waals surface area contributed by atoms with E-state index in [1.807, 2.05) is 6.07 Å². The number of thioether (sulfide) groups is 1. The van der Waals surface area contributed by atoms with Crippen molar-refractivity contribution in [3.8, 4) is 5.75 Å². The number of sulfonamides is 1. The minimum Gasteiger partial charge on any atom is -0.495 e. The van der Waals surface area contributed by atoms with Gasteiger partial charge in [-0.15, -0.1) is 0 Å². The molecule has 0 heterocycles. The molecule has 0 aliphatic rings. The number of benzene rings is 3. The van der Waals surface area contributed by atoms with Crippen molar-refractivity contribution in [2.75, 3.05) is 18.2 Å². The smallest absolute Gasteiger partial charge is 0.283 e. The van der Waals surface area contributed by atoms with E-state index in [9.17, 15) is 13.2 Å². The molecule has 9 heteroatoms. The van der Waals surface area contributed by atoms with Crippen molar-refractivity contribution < 1.29 is 17.9 Å². The molecule has 0 bridgehead atoms. The summed E-state index contributed by atoms with van der Waals surface area (Å²) in [6, 6.07) is 22.2. The first-order valence-corrected chi connectivity index (χ1v) is 12.3. The quantitative estimate of drug-likeness (QED) is 0.352. The first-order chi connectivity index (χ1) is 14.9. The van der Waals surface area contributed by atoms with Gasteiger partial charge in [-0.3, -0.25) is 4.79 Å². The van der Waals surface area contributed by atoms with Crippen LogP contribution in [-0.4, -0.2) is 32.2 Å². The maximum atomic E-state index is 12.8. The van der Waals surface area contributed by atoms with Crippen LogP contribution in [0, 0.1) is 0 Å². The van der Waals surface area contributed by atoms with Crippen LogP contribution in [0.4, 0.5) is 5.69 Å². The van der Waals surface area contributed by atoms with E-state index in [-0.39, 0.29) is 21.6 Å². The number of nitrogens with one attached hydrogen (secondary N) is 1. The summed E-state index contributed by atoms with van der Waals surface area (Å²) in [4.78, 5) is 12.6. The van der Waals surface area contributed by atoms with Gasteiger partial charge in [0, 0.05) is 10.0 Å². The van der Waals surface area contributed by atoms with Crippen LogP contribution < -0.4 is 10.1 Å². The zero-order valence-corrected chi connectivity index (χ0v) is 19.7. The standard InChI is InChI=1S/C22H19BrN2O4S2/c1-29-20-10-6-5-9-19(20)24-21(26)15-30-22(16-7-3-2-4-8-16)25-31(27,28)18-13-11-17(23)12-14-18/h2-14H,15H2,1H3,(H,24,26)/b25-22-. The van der Waals surface area contributed by atoms with Crippen molar-refractivity contribution in [1.29, 1.82) is 0 Å². The number of anilines is 1. The lowest BCUT2D eigenvalue weighted by Crippen LogP contribution is -2.16. The van der Waals surface area contributed by atoms with Crippen LogP contribution in [0.1, 0.15) is 5.56 Å². The van der Waals surface area contributed by atoms with Gasteiger partial charge in [-0.2, -0.15) is 12.8 Å². The monoisotopic (exact) mass is 518 g/mol. The normalized spacial score (nSPS) is 11.7. The molecule has 31 heavy (non-hydrogen) atoms. The van der Waals surface area contributed by atoms with Crippen molar-refractivity contribution in [1.82, 2.24) is 0 Å². The Bertz CT molecular complexity index is 1180. The average molecular weight is 519 g/mol. The molecule has 3 aromatic rings. The second kappa shape index (κ2) is 10.6. The summed E-state index contributed by atoms with van der Waals surface area (Å²) >= 11 is 4.34. The largest absolute Gasteiger partial charge is 0.495 e. The lowest BCUT2D eigenvalue weighted by atomic mass is 10.2. The van der Waals surface area contributed by atoms with Crippen LogP contribution in [0.25, 0.3) is 0 Å². The minimum absolute atomic E-state index is 0.0262. The number of para-hydroxylation sites is 2. The van der Waals surface area contributed by atoms with Crippen molar-refractivity contribution in [2.45, 2.75) is 4.90 Å². The number of methoxy groups -OCH3 is 1. The molecular formula is C22H19BrN2O4S2. The Kier molecular flexibility index (Phi) is 7.89. The predicted molar refractivity (Wildman–Crippen MR) is 128 cm³/mol. The Balaban J connectivity index is 1.82. The summed E-state index contributed by atoms with van der Waals surface area (Å²) in [5.74, 6) is 0.205. The van der Waals surface area contributed by atoms with E-state index >= 15 is 0 Å². The second-order valence-corrected chi connectivity index (χ2v) is 9.71. The molecule has 0 aliphatic heterocycles. The lowest BCUT2D eigenvalue weighted by molar-refractivity contribution is -0.113. The van der Waals surface area contributed by atoms with Crippen LogP contribution in [0.15, 0.2) is 92.6 Å². The minimum atomic E-state index is -3.95. The summed E-state index contributed by atoms with van der Waals surface area (Å²) in [6.45, 7) is 0. The average Bonchev–Trinajstić information content (AvgIpc) is 2.78. The molecule has 0 radical (unpaired) electrons. The predicted octanol–water partition coefficient (Wildman–Crippen LogP) is 4.97. The first-order valence-electron chi connectivity index (χ1n) is 9.10. The number of carbonyl (C=O) groups is 1. The van der Waals surface area contributed by atoms with Gasteiger partial charge in [0.25, 0.3) is 10.0 Å². The Morgan fingerprint density at radius 2 is 1.65 bits per heavy atom. The molecular weight excluding hydrogens is 500 g/mol. The second-order valence-electron chi connectivity index (χ2n) is 6.23. The number of hydrogen-bond donors (Lipinski definition) is 1. The molecule has 6 nitrogen and oxygen atoms in total. The Morgan fingerprint density at radius 1 is 1.00 bits per heavy atom. The maximum Gasteiger partial charge on any atom is 0.283 e. The molecule has 0 saturated carbocycles. The topological polar surface area (TPSA) is 84.8 Å². The van der Waals surface area contributed by atoms with E-state index in [0.29, 0.717) is 17.0 Å². The zero-order valence-electron chi connectivity index (χ0n) is 16.5. The summed E-state index contributed by atoms with van der Waals surface area (Å²) in [5, 5.41) is 3.01. The first kappa shape index (κ1) is 23.1. The number of rotatable bonds is 7. The van der Waals surface area contributed by atoms with E-state index in [2.05, 4.69) is 25.6 Å². The zero-order chi connectivity index (χ0) is 22.3. The molecule has 3 aromatic carbocycles. The summed E-state index contributed by atoms with van der Waals surface area (Å²) in [5.41, 5.74) is 1.15. The van der Waals surface area contributed by atoms with Gasteiger partial charge in [0.2, 0.25) is 5.91 Å². The SMILES string of the molecule is COc1ccccc1NC(=O)CS/C(=N\S(=O)(=O)c1ccc(Br)cc1)c1ccccc1. The number of carbonyl (C=O) groups excluding carboxylic acids is 1.